The number of aliphatic hydroxyl groups excluding tert-OH is 1. The zero-order valence-corrected chi connectivity index (χ0v) is 15.6. The highest BCUT2D eigenvalue weighted by Crippen LogP contribution is 2.31. The van der Waals surface area contributed by atoms with Gasteiger partial charge < -0.3 is 5.11 Å². The molecule has 27 heavy (non-hydrogen) atoms. The Morgan fingerprint density at radius 1 is 0.889 bits per heavy atom. The smallest absolute Gasteiger partial charge is 0.0684 e. The Hall–Kier alpha value is -2.49. The lowest BCUT2D eigenvalue weighted by Gasteiger charge is -2.33. The first kappa shape index (κ1) is 17.9. The summed E-state index contributed by atoms with van der Waals surface area (Å²) in [7, 11) is 0. The van der Waals surface area contributed by atoms with Crippen molar-refractivity contribution in [3.63, 3.8) is 0 Å². The first-order valence-electron chi connectivity index (χ1n) is 9.74. The molecule has 1 aromatic heterocycles. The number of aromatic nitrogens is 1. The van der Waals surface area contributed by atoms with Gasteiger partial charge in [-0.2, -0.15) is 0 Å². The largest absolute Gasteiger partial charge is 0.392 e. The van der Waals surface area contributed by atoms with E-state index in [0.717, 1.165) is 38.0 Å². The quantitative estimate of drug-likeness (QED) is 0.723. The Balaban J connectivity index is 1.40. The van der Waals surface area contributed by atoms with Crippen LogP contribution in [0.4, 0.5) is 0 Å². The predicted octanol–water partition coefficient (Wildman–Crippen LogP) is 4.62. The van der Waals surface area contributed by atoms with Crippen molar-refractivity contribution < 1.29 is 5.11 Å². The van der Waals surface area contributed by atoms with Gasteiger partial charge in [0, 0.05) is 18.9 Å². The number of hydrogen-bond donors (Lipinski definition) is 1. The molecule has 1 saturated heterocycles. The Bertz CT molecular complexity index is 870. The third-order valence-electron chi connectivity index (χ3n) is 5.60. The lowest BCUT2D eigenvalue weighted by atomic mass is 9.86. The number of nitrogens with zero attached hydrogens (tertiary/aromatic N) is 2. The molecular weight excluding hydrogens is 332 g/mol. The molecule has 4 rings (SSSR count). The van der Waals surface area contributed by atoms with Crippen LogP contribution in [0.15, 0.2) is 73.1 Å². The van der Waals surface area contributed by atoms with E-state index in [4.69, 9.17) is 0 Å². The van der Waals surface area contributed by atoms with Crippen molar-refractivity contribution in [1.29, 1.82) is 0 Å². The Kier molecular flexibility index (Phi) is 5.61. The van der Waals surface area contributed by atoms with E-state index in [1.165, 1.54) is 22.3 Å². The zero-order chi connectivity index (χ0) is 18.5. The molecule has 0 amide bonds. The van der Waals surface area contributed by atoms with E-state index in [1.807, 2.05) is 24.5 Å². The topological polar surface area (TPSA) is 36.4 Å². The average molecular weight is 358 g/mol. The molecule has 1 N–H and O–H groups in total. The fourth-order valence-electron chi connectivity index (χ4n) is 4.13. The molecule has 2 aromatic carbocycles. The molecule has 1 aliphatic heterocycles. The number of likely N-dealkylation sites (tertiary alicyclic amines) is 1. The van der Waals surface area contributed by atoms with Crippen LogP contribution in [0.25, 0.3) is 11.1 Å². The highest BCUT2D eigenvalue weighted by Gasteiger charge is 2.22. The molecule has 0 radical (unpaired) electrons. The van der Waals surface area contributed by atoms with Gasteiger partial charge in [-0.25, -0.2) is 0 Å². The second-order valence-electron chi connectivity index (χ2n) is 7.34. The van der Waals surface area contributed by atoms with E-state index >= 15 is 0 Å². The summed E-state index contributed by atoms with van der Waals surface area (Å²) in [6.45, 7) is 3.33. The van der Waals surface area contributed by atoms with Crippen molar-refractivity contribution in [2.24, 2.45) is 0 Å². The lowest BCUT2D eigenvalue weighted by molar-refractivity contribution is 0.203. The highest BCUT2D eigenvalue weighted by molar-refractivity contribution is 5.63. The minimum atomic E-state index is 0.137. The van der Waals surface area contributed by atoms with Crippen LogP contribution >= 0.6 is 0 Å². The van der Waals surface area contributed by atoms with E-state index in [9.17, 15) is 5.11 Å². The van der Waals surface area contributed by atoms with Crippen molar-refractivity contribution in [2.75, 3.05) is 13.1 Å². The van der Waals surface area contributed by atoms with E-state index in [-0.39, 0.29) is 6.61 Å². The zero-order valence-electron chi connectivity index (χ0n) is 15.6. The van der Waals surface area contributed by atoms with Crippen molar-refractivity contribution in [1.82, 2.24) is 9.88 Å². The normalized spacial score (nSPS) is 15.7. The van der Waals surface area contributed by atoms with Gasteiger partial charge in [-0.15, -0.1) is 0 Å². The van der Waals surface area contributed by atoms with Crippen molar-refractivity contribution >= 4 is 0 Å². The van der Waals surface area contributed by atoms with Gasteiger partial charge in [-0.05, 0) is 77.9 Å². The second-order valence-corrected chi connectivity index (χ2v) is 7.34. The summed E-state index contributed by atoms with van der Waals surface area (Å²) in [5, 5.41) is 9.60. The third kappa shape index (κ3) is 4.26. The summed E-state index contributed by atoms with van der Waals surface area (Å²) >= 11 is 0. The van der Waals surface area contributed by atoms with Crippen LogP contribution < -0.4 is 0 Å². The molecule has 1 aliphatic rings. The molecule has 138 valence electrons. The number of rotatable bonds is 5. The Morgan fingerprint density at radius 3 is 2.44 bits per heavy atom. The van der Waals surface area contributed by atoms with Crippen molar-refractivity contribution in [3.8, 4) is 11.1 Å². The number of pyridine rings is 1. The minimum absolute atomic E-state index is 0.137. The predicted molar refractivity (Wildman–Crippen MR) is 109 cm³/mol. The van der Waals surface area contributed by atoms with Crippen molar-refractivity contribution in [2.45, 2.75) is 31.9 Å². The van der Waals surface area contributed by atoms with Crippen LogP contribution in [-0.2, 0) is 13.2 Å². The summed E-state index contributed by atoms with van der Waals surface area (Å²) in [5.41, 5.74) is 6.24. The standard InChI is InChI=1S/C24H26N2O/c27-18-23-5-1-2-7-24(23)21-10-14-26(15-11-21)17-19-4-3-6-22(16-19)20-8-12-25-13-9-20/h1-9,12-13,16,21,27H,10-11,14-15,17-18H2. The number of hydrogen-bond acceptors (Lipinski definition) is 3. The van der Waals surface area contributed by atoms with Crippen molar-refractivity contribution in [3.05, 3.63) is 89.7 Å². The maximum Gasteiger partial charge on any atom is 0.0684 e. The van der Waals surface area contributed by atoms with E-state index in [0.29, 0.717) is 5.92 Å². The maximum absolute atomic E-state index is 9.60. The van der Waals surface area contributed by atoms with E-state index in [2.05, 4.69) is 58.4 Å². The molecule has 3 nitrogen and oxygen atoms in total. The van der Waals surface area contributed by atoms with Gasteiger partial charge in [0.15, 0.2) is 0 Å². The van der Waals surface area contributed by atoms with Crippen LogP contribution in [0, 0.1) is 0 Å². The molecule has 3 heteroatoms. The molecule has 3 aromatic rings. The Morgan fingerprint density at radius 2 is 1.67 bits per heavy atom. The summed E-state index contributed by atoms with van der Waals surface area (Å²) in [5.74, 6) is 0.563. The first-order chi connectivity index (χ1) is 13.3. The molecule has 0 spiro atoms. The molecule has 0 bridgehead atoms. The third-order valence-corrected chi connectivity index (χ3v) is 5.60. The SMILES string of the molecule is OCc1ccccc1C1CCN(Cc2cccc(-c3ccncc3)c2)CC1. The fourth-order valence-corrected chi connectivity index (χ4v) is 4.13. The molecular formula is C24H26N2O. The van der Waals surface area contributed by atoms with Gasteiger partial charge in [0.05, 0.1) is 6.61 Å². The summed E-state index contributed by atoms with van der Waals surface area (Å²) < 4.78 is 0. The highest BCUT2D eigenvalue weighted by atomic mass is 16.3. The molecule has 2 heterocycles. The second kappa shape index (κ2) is 8.47. The van der Waals surface area contributed by atoms with Crippen LogP contribution in [0.1, 0.15) is 35.4 Å². The number of aliphatic hydroxyl groups is 1. The number of piperidine rings is 1. The Labute approximate surface area is 161 Å². The lowest BCUT2D eigenvalue weighted by Crippen LogP contribution is -2.32. The first-order valence-corrected chi connectivity index (χ1v) is 9.74. The number of benzene rings is 2. The van der Waals surface area contributed by atoms with Crippen LogP contribution in [0.2, 0.25) is 0 Å². The van der Waals surface area contributed by atoms with E-state index < -0.39 is 0 Å². The van der Waals surface area contributed by atoms with Crippen LogP contribution in [-0.4, -0.2) is 28.1 Å². The van der Waals surface area contributed by atoms with E-state index in [1.54, 1.807) is 0 Å². The molecule has 0 atom stereocenters. The molecule has 0 aliphatic carbocycles. The van der Waals surface area contributed by atoms with Crippen LogP contribution in [0.5, 0.6) is 0 Å². The average Bonchev–Trinajstić information content (AvgIpc) is 2.75. The molecule has 0 saturated carbocycles. The van der Waals surface area contributed by atoms with Gasteiger partial charge in [-0.1, -0.05) is 42.5 Å². The van der Waals surface area contributed by atoms with Gasteiger partial charge in [0.2, 0.25) is 0 Å². The molecule has 0 unspecified atom stereocenters. The maximum atomic E-state index is 9.60. The molecule has 1 fully saturated rings. The monoisotopic (exact) mass is 358 g/mol. The summed E-state index contributed by atoms with van der Waals surface area (Å²) in [6, 6.07) is 21.3. The minimum Gasteiger partial charge on any atom is -0.392 e. The van der Waals surface area contributed by atoms with Gasteiger partial charge in [0.25, 0.3) is 0 Å². The summed E-state index contributed by atoms with van der Waals surface area (Å²) in [6.07, 6.45) is 6.00. The van der Waals surface area contributed by atoms with Gasteiger partial charge in [0.1, 0.15) is 0 Å². The summed E-state index contributed by atoms with van der Waals surface area (Å²) in [4.78, 5) is 6.65. The van der Waals surface area contributed by atoms with Gasteiger partial charge in [-0.3, -0.25) is 9.88 Å². The van der Waals surface area contributed by atoms with Gasteiger partial charge >= 0.3 is 0 Å². The fraction of sp³-hybridized carbons (Fsp3) is 0.292. The van der Waals surface area contributed by atoms with Crippen LogP contribution in [0.3, 0.4) is 0 Å².